The zero-order chi connectivity index (χ0) is 22.0. The molecule has 0 N–H and O–H groups in total. The van der Waals surface area contributed by atoms with Gasteiger partial charge in [0.1, 0.15) is 6.07 Å². The summed E-state index contributed by atoms with van der Waals surface area (Å²) >= 11 is 12.3. The summed E-state index contributed by atoms with van der Waals surface area (Å²) in [6.45, 7) is 1.57. The molecular weight excluding hydrogens is 439 g/mol. The zero-order valence-corrected chi connectivity index (χ0v) is 18.4. The minimum absolute atomic E-state index is 0.0602. The number of aromatic nitrogens is 1. The lowest BCUT2D eigenvalue weighted by Gasteiger charge is -2.33. The normalized spacial score (nSPS) is 14.5. The number of benzene rings is 1. The minimum atomic E-state index is -0.114. The van der Waals surface area contributed by atoms with Crippen molar-refractivity contribution in [2.24, 2.45) is 5.92 Å². The standard InChI is InChI=1S/C22H20Cl2N4O3/c1-27(13-15-4-2-5-16(23)19(15)24)21(29)14-7-9-28(10-8-14)22-17(12-25)26-20(31-22)18-6-3-11-30-18/h2-6,11,14H,7-10,13H2,1H3. The summed E-state index contributed by atoms with van der Waals surface area (Å²) in [5.74, 6) is 1.10. The van der Waals surface area contributed by atoms with Gasteiger partial charge in [0.05, 0.1) is 16.3 Å². The van der Waals surface area contributed by atoms with Gasteiger partial charge >= 0.3 is 0 Å². The van der Waals surface area contributed by atoms with E-state index in [4.69, 9.17) is 32.0 Å². The van der Waals surface area contributed by atoms with Gasteiger partial charge in [-0.15, -0.1) is 0 Å². The smallest absolute Gasteiger partial charge is 0.266 e. The lowest BCUT2D eigenvalue weighted by molar-refractivity contribution is -0.135. The number of nitriles is 1. The number of carbonyl (C=O) groups excluding carboxylic acids is 1. The first-order valence-corrected chi connectivity index (χ1v) is 10.6. The van der Waals surface area contributed by atoms with Gasteiger partial charge in [-0.25, -0.2) is 0 Å². The van der Waals surface area contributed by atoms with E-state index in [-0.39, 0.29) is 23.4 Å². The highest BCUT2D eigenvalue weighted by Crippen LogP contribution is 2.32. The van der Waals surface area contributed by atoms with Gasteiger partial charge in [-0.1, -0.05) is 35.3 Å². The highest BCUT2D eigenvalue weighted by molar-refractivity contribution is 6.42. The number of hydrogen-bond acceptors (Lipinski definition) is 6. The van der Waals surface area contributed by atoms with Gasteiger partial charge in [0.2, 0.25) is 17.5 Å². The van der Waals surface area contributed by atoms with Crippen LogP contribution < -0.4 is 4.90 Å². The van der Waals surface area contributed by atoms with Gasteiger partial charge in [-0.3, -0.25) is 4.79 Å². The Morgan fingerprint density at radius 1 is 1.29 bits per heavy atom. The van der Waals surface area contributed by atoms with Crippen LogP contribution >= 0.6 is 23.2 Å². The number of oxazole rings is 1. The van der Waals surface area contributed by atoms with Gasteiger partial charge in [0.15, 0.2) is 5.76 Å². The molecule has 1 saturated heterocycles. The van der Waals surface area contributed by atoms with Crippen molar-refractivity contribution in [3.8, 4) is 17.7 Å². The van der Waals surface area contributed by atoms with E-state index in [1.54, 1.807) is 30.1 Å². The molecule has 2 aromatic heterocycles. The number of hydrogen-bond donors (Lipinski definition) is 0. The molecule has 1 aliphatic rings. The molecule has 31 heavy (non-hydrogen) atoms. The van der Waals surface area contributed by atoms with Gasteiger partial charge in [0, 0.05) is 32.6 Å². The molecule has 3 aromatic rings. The molecule has 4 rings (SSSR count). The molecule has 7 nitrogen and oxygen atoms in total. The first kappa shape index (κ1) is 21.3. The molecule has 1 aromatic carbocycles. The average Bonchev–Trinajstić information content (AvgIpc) is 3.46. The number of halogens is 2. The Morgan fingerprint density at radius 3 is 2.74 bits per heavy atom. The van der Waals surface area contributed by atoms with Crippen LogP contribution in [-0.2, 0) is 11.3 Å². The van der Waals surface area contributed by atoms with Gasteiger partial charge in [0.25, 0.3) is 5.89 Å². The summed E-state index contributed by atoms with van der Waals surface area (Å²) in [7, 11) is 1.77. The predicted molar refractivity (Wildman–Crippen MR) is 117 cm³/mol. The molecule has 3 heterocycles. The fraction of sp³-hybridized carbons (Fsp3) is 0.318. The van der Waals surface area contributed by atoms with Crippen molar-refractivity contribution in [3.63, 3.8) is 0 Å². The molecular formula is C22H20Cl2N4O3. The number of amides is 1. The summed E-state index contributed by atoms with van der Waals surface area (Å²) in [5, 5.41) is 10.4. The van der Waals surface area contributed by atoms with Crippen molar-refractivity contribution in [2.75, 3.05) is 25.0 Å². The number of anilines is 1. The molecule has 0 atom stereocenters. The summed E-state index contributed by atoms with van der Waals surface area (Å²) < 4.78 is 11.1. The van der Waals surface area contributed by atoms with Crippen molar-refractivity contribution in [1.29, 1.82) is 5.26 Å². The topological polar surface area (TPSA) is 86.5 Å². The highest BCUT2D eigenvalue weighted by Gasteiger charge is 2.30. The average molecular weight is 459 g/mol. The maximum atomic E-state index is 13.0. The van der Waals surface area contributed by atoms with Crippen LogP contribution in [0.15, 0.2) is 45.4 Å². The maximum Gasteiger partial charge on any atom is 0.266 e. The summed E-state index contributed by atoms with van der Waals surface area (Å²) in [6, 6.07) is 10.9. The summed E-state index contributed by atoms with van der Waals surface area (Å²) in [5.41, 5.74) is 1.03. The molecule has 0 saturated carbocycles. The second-order valence-corrected chi connectivity index (χ2v) is 8.22. The SMILES string of the molecule is CN(Cc1cccc(Cl)c1Cl)C(=O)C1CCN(c2oc(-c3ccco3)nc2C#N)CC1. The third-order valence-electron chi connectivity index (χ3n) is 5.39. The van der Waals surface area contributed by atoms with E-state index in [0.29, 0.717) is 54.2 Å². The van der Waals surface area contributed by atoms with E-state index in [1.165, 1.54) is 6.26 Å². The van der Waals surface area contributed by atoms with E-state index in [0.717, 1.165) is 5.56 Å². The molecule has 0 unspecified atom stereocenters. The highest BCUT2D eigenvalue weighted by atomic mass is 35.5. The fourth-order valence-corrected chi connectivity index (χ4v) is 4.13. The number of carbonyl (C=O) groups is 1. The van der Waals surface area contributed by atoms with Gasteiger partial charge in [-0.05, 0) is 36.6 Å². The third kappa shape index (κ3) is 4.41. The lowest BCUT2D eigenvalue weighted by Crippen LogP contribution is -2.41. The van der Waals surface area contributed by atoms with E-state index < -0.39 is 0 Å². The Morgan fingerprint density at radius 2 is 2.06 bits per heavy atom. The van der Waals surface area contributed by atoms with Crippen LogP contribution in [0.5, 0.6) is 0 Å². The lowest BCUT2D eigenvalue weighted by atomic mass is 9.95. The molecule has 160 valence electrons. The number of nitrogens with zero attached hydrogens (tertiary/aromatic N) is 4. The third-order valence-corrected chi connectivity index (χ3v) is 6.25. The monoisotopic (exact) mass is 458 g/mol. The molecule has 1 amide bonds. The number of rotatable bonds is 5. The van der Waals surface area contributed by atoms with Crippen LogP contribution in [0.1, 0.15) is 24.1 Å². The van der Waals surface area contributed by atoms with Crippen LogP contribution in [0.25, 0.3) is 11.7 Å². The summed E-state index contributed by atoms with van der Waals surface area (Å²) in [6.07, 6.45) is 2.82. The second kappa shape index (κ2) is 9.04. The first-order valence-electron chi connectivity index (χ1n) is 9.85. The molecule has 0 spiro atoms. The van der Waals surface area contributed by atoms with Crippen molar-refractivity contribution >= 4 is 35.0 Å². The van der Waals surface area contributed by atoms with Crippen molar-refractivity contribution < 1.29 is 13.6 Å². The van der Waals surface area contributed by atoms with Crippen molar-refractivity contribution in [3.05, 3.63) is 57.9 Å². The second-order valence-electron chi connectivity index (χ2n) is 7.43. The van der Waals surface area contributed by atoms with Crippen LogP contribution in [0.3, 0.4) is 0 Å². The number of furan rings is 1. The number of piperidine rings is 1. The molecule has 1 fully saturated rings. The Bertz CT molecular complexity index is 1110. The molecule has 9 heteroatoms. The zero-order valence-electron chi connectivity index (χ0n) is 16.8. The van der Waals surface area contributed by atoms with E-state index in [2.05, 4.69) is 11.1 Å². The van der Waals surface area contributed by atoms with Crippen LogP contribution in [-0.4, -0.2) is 35.9 Å². The Labute approximate surface area is 189 Å². The van der Waals surface area contributed by atoms with E-state index in [1.807, 2.05) is 17.0 Å². The molecule has 0 bridgehead atoms. The predicted octanol–water partition coefficient (Wildman–Crippen LogP) is 4.99. The quantitative estimate of drug-likeness (QED) is 0.535. The molecule has 1 aliphatic heterocycles. The van der Waals surface area contributed by atoms with Gasteiger partial charge in [-0.2, -0.15) is 10.2 Å². The van der Waals surface area contributed by atoms with Crippen LogP contribution in [0, 0.1) is 17.2 Å². The maximum absolute atomic E-state index is 13.0. The first-order chi connectivity index (χ1) is 15.0. The fourth-order valence-electron chi connectivity index (χ4n) is 3.75. The van der Waals surface area contributed by atoms with Crippen molar-refractivity contribution in [2.45, 2.75) is 19.4 Å². The largest absolute Gasteiger partial charge is 0.459 e. The van der Waals surface area contributed by atoms with Crippen LogP contribution in [0.4, 0.5) is 5.88 Å². The van der Waals surface area contributed by atoms with Crippen molar-refractivity contribution in [1.82, 2.24) is 9.88 Å². The Hall–Kier alpha value is -2.95. The van der Waals surface area contributed by atoms with E-state index in [9.17, 15) is 10.1 Å². The van der Waals surface area contributed by atoms with Crippen LogP contribution in [0.2, 0.25) is 10.0 Å². The Kier molecular flexibility index (Phi) is 6.21. The molecule has 0 radical (unpaired) electrons. The van der Waals surface area contributed by atoms with Gasteiger partial charge < -0.3 is 18.6 Å². The summed E-state index contributed by atoms with van der Waals surface area (Å²) in [4.78, 5) is 20.8. The molecule has 0 aliphatic carbocycles. The Balaban J connectivity index is 1.40. The van der Waals surface area contributed by atoms with E-state index >= 15 is 0 Å². The minimum Gasteiger partial charge on any atom is -0.459 e.